The topological polar surface area (TPSA) is 75.6 Å². The second-order valence-corrected chi connectivity index (χ2v) is 6.07. The Bertz CT molecular complexity index is 576. The zero-order valence-electron chi connectivity index (χ0n) is 12.9. The number of carbonyl (C=O) groups is 2. The number of alkyl carbamates (subject to hydrolysis) is 1. The highest BCUT2D eigenvalue weighted by atomic mass is 35.5. The monoisotopic (exact) mass is 325 g/mol. The smallest absolute Gasteiger partial charge is 0.407 e. The fourth-order valence-corrected chi connectivity index (χ4v) is 1.82. The van der Waals surface area contributed by atoms with Crippen molar-refractivity contribution in [1.82, 2.24) is 5.32 Å². The second-order valence-electron chi connectivity index (χ2n) is 5.66. The van der Waals surface area contributed by atoms with E-state index in [0.717, 1.165) is 5.56 Å². The van der Waals surface area contributed by atoms with Crippen molar-refractivity contribution in [2.45, 2.75) is 32.8 Å². The predicted octanol–water partition coefficient (Wildman–Crippen LogP) is 3.97. The van der Waals surface area contributed by atoms with Crippen LogP contribution in [0.3, 0.4) is 0 Å². The van der Waals surface area contributed by atoms with Gasteiger partial charge in [0.1, 0.15) is 5.60 Å². The molecule has 0 unspecified atom stereocenters. The van der Waals surface area contributed by atoms with E-state index in [-0.39, 0.29) is 5.56 Å². The lowest BCUT2D eigenvalue weighted by Gasteiger charge is -2.19. The Hall–Kier alpha value is -2.01. The Morgan fingerprint density at radius 1 is 1.36 bits per heavy atom. The summed E-state index contributed by atoms with van der Waals surface area (Å²) in [6, 6.07) is 4.54. The molecule has 0 bridgehead atoms. The number of amides is 1. The molecule has 0 heterocycles. The number of halogens is 1. The Balaban J connectivity index is 2.44. The summed E-state index contributed by atoms with van der Waals surface area (Å²) < 4.78 is 5.11. The van der Waals surface area contributed by atoms with Gasteiger partial charge >= 0.3 is 12.1 Å². The molecule has 0 aromatic heterocycles. The molecule has 22 heavy (non-hydrogen) atoms. The maximum atomic E-state index is 11.4. The maximum Gasteiger partial charge on any atom is 0.407 e. The summed E-state index contributed by atoms with van der Waals surface area (Å²) in [6.45, 7) is 5.84. The van der Waals surface area contributed by atoms with Gasteiger partial charge in [-0.05, 0) is 44.9 Å². The summed E-state index contributed by atoms with van der Waals surface area (Å²) in [7, 11) is 0. The highest BCUT2D eigenvalue weighted by Gasteiger charge is 2.15. The molecule has 6 heteroatoms. The third-order valence-corrected chi connectivity index (χ3v) is 2.85. The molecule has 0 aliphatic heterocycles. The van der Waals surface area contributed by atoms with Crippen molar-refractivity contribution in [3.05, 3.63) is 40.4 Å². The number of hydrogen-bond acceptors (Lipinski definition) is 3. The van der Waals surface area contributed by atoms with E-state index in [1.807, 2.05) is 6.08 Å². The number of carboxylic acid groups (broad SMARTS) is 1. The van der Waals surface area contributed by atoms with Crippen molar-refractivity contribution in [3.8, 4) is 0 Å². The summed E-state index contributed by atoms with van der Waals surface area (Å²) in [5.41, 5.74) is 0.358. The van der Waals surface area contributed by atoms with Gasteiger partial charge < -0.3 is 15.2 Å². The van der Waals surface area contributed by atoms with E-state index in [1.165, 1.54) is 12.1 Å². The Morgan fingerprint density at radius 2 is 2.05 bits per heavy atom. The van der Waals surface area contributed by atoms with Gasteiger partial charge in [0.05, 0.1) is 5.56 Å². The number of nitrogens with one attached hydrogen (secondary N) is 1. The van der Waals surface area contributed by atoms with Crippen molar-refractivity contribution in [2.75, 3.05) is 6.54 Å². The van der Waals surface area contributed by atoms with Gasteiger partial charge in [-0.1, -0.05) is 29.8 Å². The van der Waals surface area contributed by atoms with Crippen LogP contribution in [0.15, 0.2) is 24.3 Å². The average Bonchev–Trinajstić information content (AvgIpc) is 2.37. The molecular formula is C16H20ClNO4. The molecule has 120 valence electrons. The highest BCUT2D eigenvalue weighted by Crippen LogP contribution is 2.19. The van der Waals surface area contributed by atoms with Crippen LogP contribution < -0.4 is 5.32 Å². The van der Waals surface area contributed by atoms with Gasteiger partial charge in [-0.15, -0.1) is 0 Å². The van der Waals surface area contributed by atoms with Gasteiger partial charge in [-0.2, -0.15) is 0 Å². The van der Waals surface area contributed by atoms with Gasteiger partial charge in [0.2, 0.25) is 0 Å². The number of benzene rings is 1. The van der Waals surface area contributed by atoms with Crippen molar-refractivity contribution in [2.24, 2.45) is 0 Å². The predicted molar refractivity (Wildman–Crippen MR) is 86.3 cm³/mol. The van der Waals surface area contributed by atoms with E-state index >= 15 is 0 Å². The summed E-state index contributed by atoms with van der Waals surface area (Å²) in [5.74, 6) is -1.01. The van der Waals surface area contributed by atoms with Crippen LogP contribution in [0.4, 0.5) is 4.79 Å². The standard InChI is InChI=1S/C16H20ClNO4/c1-16(2,3)22-15(21)18-9-5-4-6-11-7-8-12(14(19)20)10-13(11)17/h4,6-8,10H,5,9H2,1-3H3,(H,18,21)(H,19,20). The van der Waals surface area contributed by atoms with E-state index < -0.39 is 17.7 Å². The SMILES string of the molecule is CC(C)(C)OC(=O)NCCC=Cc1ccc(C(=O)O)cc1Cl. The molecule has 0 aliphatic rings. The first-order chi connectivity index (χ1) is 10.2. The minimum absolute atomic E-state index is 0.147. The molecule has 1 amide bonds. The largest absolute Gasteiger partial charge is 0.478 e. The summed E-state index contributed by atoms with van der Waals surface area (Å²) in [5, 5.41) is 11.9. The van der Waals surface area contributed by atoms with Crippen LogP contribution in [-0.4, -0.2) is 29.3 Å². The normalized spacial score (nSPS) is 11.5. The van der Waals surface area contributed by atoms with Crippen LogP contribution in [-0.2, 0) is 4.74 Å². The second kappa shape index (κ2) is 7.84. The van der Waals surface area contributed by atoms with Gasteiger partial charge in [-0.25, -0.2) is 9.59 Å². The van der Waals surface area contributed by atoms with Crippen LogP contribution >= 0.6 is 11.6 Å². The molecule has 0 spiro atoms. The van der Waals surface area contributed by atoms with Crippen molar-refractivity contribution >= 4 is 29.7 Å². The quantitative estimate of drug-likeness (QED) is 0.803. The fraction of sp³-hybridized carbons (Fsp3) is 0.375. The molecule has 0 atom stereocenters. The van der Waals surface area contributed by atoms with Crippen LogP contribution in [0.25, 0.3) is 6.08 Å². The van der Waals surface area contributed by atoms with Gasteiger partial charge in [0.25, 0.3) is 0 Å². The van der Waals surface area contributed by atoms with Gasteiger partial charge in [0.15, 0.2) is 0 Å². The first-order valence-electron chi connectivity index (χ1n) is 6.85. The molecule has 0 saturated carbocycles. The van der Waals surface area contributed by atoms with Crippen LogP contribution in [0.5, 0.6) is 0 Å². The number of ether oxygens (including phenoxy) is 1. The number of aromatic carboxylic acids is 1. The first-order valence-corrected chi connectivity index (χ1v) is 7.23. The summed E-state index contributed by atoms with van der Waals surface area (Å²) in [4.78, 5) is 22.2. The lowest BCUT2D eigenvalue weighted by molar-refractivity contribution is 0.0528. The Morgan fingerprint density at radius 3 is 2.59 bits per heavy atom. The first kappa shape index (κ1) is 18.0. The zero-order chi connectivity index (χ0) is 16.8. The zero-order valence-corrected chi connectivity index (χ0v) is 13.6. The van der Waals surface area contributed by atoms with E-state index in [1.54, 1.807) is 32.9 Å². The molecule has 0 radical (unpaired) electrons. The highest BCUT2D eigenvalue weighted by molar-refractivity contribution is 6.32. The molecule has 1 aromatic carbocycles. The maximum absolute atomic E-state index is 11.4. The van der Waals surface area contributed by atoms with Crippen molar-refractivity contribution in [1.29, 1.82) is 0 Å². The van der Waals surface area contributed by atoms with E-state index in [2.05, 4.69) is 5.32 Å². The van der Waals surface area contributed by atoms with Gasteiger partial charge in [0, 0.05) is 11.6 Å². The average molecular weight is 326 g/mol. The van der Waals surface area contributed by atoms with Gasteiger partial charge in [-0.3, -0.25) is 0 Å². The molecule has 1 aromatic rings. The van der Waals surface area contributed by atoms with Crippen LogP contribution in [0.2, 0.25) is 5.02 Å². The molecular weight excluding hydrogens is 306 g/mol. The number of rotatable bonds is 5. The molecule has 5 nitrogen and oxygen atoms in total. The third-order valence-electron chi connectivity index (χ3n) is 2.52. The fourth-order valence-electron chi connectivity index (χ4n) is 1.58. The number of hydrogen-bond donors (Lipinski definition) is 2. The van der Waals surface area contributed by atoms with Crippen LogP contribution in [0.1, 0.15) is 43.1 Å². The van der Waals surface area contributed by atoms with E-state index in [4.69, 9.17) is 21.4 Å². The summed E-state index contributed by atoms with van der Waals surface area (Å²) in [6.07, 6.45) is 3.78. The molecule has 1 rings (SSSR count). The molecule has 0 aliphatic carbocycles. The molecule has 0 fully saturated rings. The Kier molecular flexibility index (Phi) is 6.43. The lowest BCUT2D eigenvalue weighted by atomic mass is 10.1. The van der Waals surface area contributed by atoms with Crippen molar-refractivity contribution < 1.29 is 19.4 Å². The minimum atomic E-state index is -1.01. The van der Waals surface area contributed by atoms with E-state index in [0.29, 0.717) is 18.0 Å². The van der Waals surface area contributed by atoms with Crippen molar-refractivity contribution in [3.63, 3.8) is 0 Å². The lowest BCUT2D eigenvalue weighted by Crippen LogP contribution is -2.32. The van der Waals surface area contributed by atoms with E-state index in [9.17, 15) is 9.59 Å². The Labute approximate surface area is 134 Å². The summed E-state index contributed by atoms with van der Waals surface area (Å²) >= 11 is 6.01. The minimum Gasteiger partial charge on any atom is -0.478 e. The molecule has 0 saturated heterocycles. The van der Waals surface area contributed by atoms with Crippen LogP contribution in [0, 0.1) is 0 Å². The molecule has 2 N–H and O–H groups in total. The number of carboxylic acids is 1. The number of carbonyl (C=O) groups excluding carboxylic acids is 1. The third kappa shape index (κ3) is 6.63.